The van der Waals surface area contributed by atoms with Crippen molar-refractivity contribution in [3.05, 3.63) is 64.5 Å². The van der Waals surface area contributed by atoms with Crippen molar-refractivity contribution in [2.75, 3.05) is 72.9 Å². The first-order valence-electron chi connectivity index (χ1n) is 21.6. The Morgan fingerprint density at radius 1 is 0.968 bits per heavy atom. The molecule has 0 spiro atoms. The topological polar surface area (TPSA) is 155 Å². The summed E-state index contributed by atoms with van der Waals surface area (Å²) >= 11 is 0. The van der Waals surface area contributed by atoms with Gasteiger partial charge in [-0.1, -0.05) is 19.1 Å². The predicted molar refractivity (Wildman–Crippen MR) is 229 cm³/mol. The molecule has 4 fully saturated rings. The van der Waals surface area contributed by atoms with Gasteiger partial charge in [-0.3, -0.25) is 29.3 Å². The summed E-state index contributed by atoms with van der Waals surface area (Å²) in [6.07, 6.45) is 4.19. The molecule has 3 aromatic heterocycles. The molecule has 5 aliphatic rings. The van der Waals surface area contributed by atoms with Crippen LogP contribution in [0.5, 0.6) is 5.75 Å². The van der Waals surface area contributed by atoms with E-state index in [9.17, 15) is 14.4 Å². The standard InChI is InChI=1S/C44H50F3N11O4/c1-24-21-58(14-13-26(24)22-56-15-17-57(18-16-56)33-6-4-5-28-35(53-55(3)37(28)33)29-10-12-34(59)50-41(29)60)43-48-20-31(45)40(52-43)49-27-9-11-32-30(19-27)36-38(42(61)54(32)2)62-23-44(46,47)39(51-36)25-7-8-25/h4-6,9,11,19-20,24-26,29,39,51H,7-8,10,12-18,21-23H2,1-3H3,(H,48,49,52)(H,50,59,60)/t24-,26-,29?,39?/m1/s1. The van der Waals surface area contributed by atoms with E-state index < -0.39 is 35.9 Å². The number of imide groups is 1. The third-order valence-corrected chi connectivity index (χ3v) is 13.6. The number of rotatable bonds is 8. The van der Waals surface area contributed by atoms with Crippen LogP contribution in [-0.2, 0) is 23.7 Å². The lowest BCUT2D eigenvalue weighted by Gasteiger charge is -2.42. The average Bonchev–Trinajstić information content (AvgIpc) is 4.06. The first kappa shape index (κ1) is 40.2. The molecule has 1 saturated carbocycles. The van der Waals surface area contributed by atoms with Crippen LogP contribution in [0.4, 0.5) is 42.0 Å². The van der Waals surface area contributed by atoms with E-state index in [1.165, 1.54) is 4.57 Å². The fourth-order valence-corrected chi connectivity index (χ4v) is 9.98. The SMILES string of the molecule is C[C@@H]1CN(c2ncc(F)c(Nc3ccc4c(c3)c3c(c(=O)n4C)OCC(F)(F)C(C4CC4)N3)n2)CC[C@@H]1CN1CCN(c2cccc3c(C4CCC(=O)NC4=O)nn(C)c23)CC1. The Labute approximate surface area is 355 Å². The van der Waals surface area contributed by atoms with Gasteiger partial charge < -0.3 is 29.7 Å². The highest BCUT2D eigenvalue weighted by Gasteiger charge is 2.51. The van der Waals surface area contributed by atoms with E-state index in [1.807, 2.05) is 23.9 Å². The molecule has 0 bridgehead atoms. The molecular formula is C44H50F3N11O4. The number of piperazine rings is 1. The summed E-state index contributed by atoms with van der Waals surface area (Å²) in [5.74, 6) is -3.98. The lowest BCUT2D eigenvalue weighted by Crippen LogP contribution is -2.50. The van der Waals surface area contributed by atoms with E-state index in [0.717, 1.165) is 61.9 Å². The lowest BCUT2D eigenvalue weighted by atomic mass is 9.86. The Bertz CT molecular complexity index is 2660. The van der Waals surface area contributed by atoms with Crippen LogP contribution >= 0.6 is 0 Å². The van der Waals surface area contributed by atoms with Crippen LogP contribution < -0.4 is 36.0 Å². The molecule has 15 nitrogen and oxygen atoms in total. The van der Waals surface area contributed by atoms with Crippen molar-refractivity contribution in [2.45, 2.75) is 56.9 Å². The zero-order valence-corrected chi connectivity index (χ0v) is 35.0. The van der Waals surface area contributed by atoms with Crippen LogP contribution in [-0.4, -0.2) is 105 Å². The van der Waals surface area contributed by atoms with Crippen molar-refractivity contribution < 1.29 is 27.5 Å². The van der Waals surface area contributed by atoms with Crippen molar-refractivity contribution in [3.63, 3.8) is 0 Å². The molecule has 3 saturated heterocycles. The summed E-state index contributed by atoms with van der Waals surface area (Å²) < 4.78 is 54.4. The molecule has 326 valence electrons. The van der Waals surface area contributed by atoms with Gasteiger partial charge in [-0.25, -0.2) is 18.2 Å². The molecule has 4 aliphatic heterocycles. The molecule has 7 heterocycles. The molecule has 2 aromatic carbocycles. The van der Waals surface area contributed by atoms with Gasteiger partial charge >= 0.3 is 5.92 Å². The maximum Gasteiger partial charge on any atom is 0.301 e. The maximum absolute atomic E-state index is 15.3. The number of ether oxygens (including phenoxy) is 1. The number of pyridine rings is 1. The second kappa shape index (κ2) is 15.5. The fourth-order valence-electron chi connectivity index (χ4n) is 9.98. The number of aryl methyl sites for hydroxylation is 2. The Morgan fingerprint density at radius 2 is 1.77 bits per heavy atom. The number of nitrogens with zero attached hydrogens (tertiary/aromatic N) is 8. The molecule has 62 heavy (non-hydrogen) atoms. The van der Waals surface area contributed by atoms with Crippen LogP contribution in [0.2, 0.25) is 0 Å². The Morgan fingerprint density at radius 3 is 2.53 bits per heavy atom. The number of aromatic nitrogens is 5. The number of amides is 2. The molecule has 2 amide bonds. The van der Waals surface area contributed by atoms with Gasteiger partial charge in [0.25, 0.3) is 5.56 Å². The monoisotopic (exact) mass is 853 g/mol. The molecule has 1 aliphatic carbocycles. The van der Waals surface area contributed by atoms with Gasteiger partial charge in [-0.05, 0) is 67.7 Å². The number of alkyl halides is 2. The van der Waals surface area contributed by atoms with Gasteiger partial charge in [0, 0.05) is 82.8 Å². The maximum atomic E-state index is 15.3. The van der Waals surface area contributed by atoms with Crippen LogP contribution in [0, 0.1) is 23.6 Å². The first-order valence-corrected chi connectivity index (χ1v) is 21.6. The highest BCUT2D eigenvalue weighted by Crippen LogP contribution is 2.46. The average molecular weight is 854 g/mol. The Kier molecular flexibility index (Phi) is 10.0. The minimum Gasteiger partial charge on any atom is -0.480 e. The smallest absolute Gasteiger partial charge is 0.301 e. The van der Waals surface area contributed by atoms with Crippen LogP contribution in [0.25, 0.3) is 21.8 Å². The first-order chi connectivity index (χ1) is 29.8. The van der Waals surface area contributed by atoms with Crippen LogP contribution in [0.3, 0.4) is 0 Å². The van der Waals surface area contributed by atoms with Gasteiger partial charge in [0.1, 0.15) is 0 Å². The Balaban J connectivity index is 0.791. The normalized spacial score (nSPS) is 24.4. The number of hydrogen-bond donors (Lipinski definition) is 3. The van der Waals surface area contributed by atoms with E-state index in [1.54, 1.807) is 25.2 Å². The zero-order chi connectivity index (χ0) is 43.0. The Hall–Kier alpha value is -5.91. The number of piperidine rings is 2. The second-order valence-corrected chi connectivity index (χ2v) is 17.7. The number of anilines is 5. The molecule has 5 aromatic rings. The quantitative estimate of drug-likeness (QED) is 0.178. The number of hydrogen-bond acceptors (Lipinski definition) is 12. The number of fused-ring (bicyclic) bond motifs is 4. The minimum atomic E-state index is -3.16. The van der Waals surface area contributed by atoms with E-state index in [-0.39, 0.29) is 35.0 Å². The lowest BCUT2D eigenvalue weighted by molar-refractivity contribution is -0.134. The summed E-state index contributed by atoms with van der Waals surface area (Å²) in [7, 11) is 3.48. The minimum absolute atomic E-state index is 0.0153. The number of halogens is 3. The second-order valence-electron chi connectivity index (χ2n) is 17.7. The van der Waals surface area contributed by atoms with Gasteiger partial charge in [-0.15, -0.1) is 0 Å². The number of para-hydroxylation sites is 1. The van der Waals surface area contributed by atoms with Crippen molar-refractivity contribution in [2.24, 2.45) is 31.8 Å². The van der Waals surface area contributed by atoms with Crippen molar-refractivity contribution in [1.29, 1.82) is 0 Å². The number of carbonyl (C=O) groups excluding carboxylic acids is 2. The zero-order valence-electron chi connectivity index (χ0n) is 35.0. The van der Waals surface area contributed by atoms with E-state index in [0.29, 0.717) is 78.8 Å². The molecule has 18 heteroatoms. The summed E-state index contributed by atoms with van der Waals surface area (Å²) in [5.41, 5.74) is 3.48. The molecular weight excluding hydrogens is 804 g/mol. The number of benzene rings is 2. The predicted octanol–water partition coefficient (Wildman–Crippen LogP) is 5.12. The van der Waals surface area contributed by atoms with E-state index >= 15 is 13.2 Å². The number of nitrogens with one attached hydrogen (secondary N) is 3. The van der Waals surface area contributed by atoms with Crippen molar-refractivity contribution in [3.8, 4) is 5.75 Å². The van der Waals surface area contributed by atoms with Gasteiger partial charge in [0.05, 0.1) is 46.3 Å². The van der Waals surface area contributed by atoms with Crippen molar-refractivity contribution in [1.82, 2.24) is 34.5 Å². The molecule has 10 rings (SSSR count). The van der Waals surface area contributed by atoms with Crippen molar-refractivity contribution >= 4 is 62.4 Å². The van der Waals surface area contributed by atoms with Crippen LogP contribution in [0.15, 0.2) is 47.4 Å². The van der Waals surface area contributed by atoms with Gasteiger partial charge in [-0.2, -0.15) is 10.1 Å². The third kappa shape index (κ3) is 7.24. The summed E-state index contributed by atoms with van der Waals surface area (Å²) in [5, 5.41) is 14.8. The molecule has 0 radical (unpaired) electrons. The molecule has 2 unspecified atom stereocenters. The van der Waals surface area contributed by atoms with E-state index in [4.69, 9.17) is 9.84 Å². The number of carbonyl (C=O) groups is 2. The summed E-state index contributed by atoms with van der Waals surface area (Å²) in [4.78, 5) is 53.8. The largest absolute Gasteiger partial charge is 0.480 e. The highest BCUT2D eigenvalue weighted by atomic mass is 19.3. The third-order valence-electron chi connectivity index (χ3n) is 13.6. The fraction of sp³-hybridized carbons (Fsp3) is 0.500. The van der Waals surface area contributed by atoms with Crippen LogP contribution in [0.1, 0.15) is 50.6 Å². The molecule has 4 atom stereocenters. The highest BCUT2D eigenvalue weighted by molar-refractivity contribution is 6.04. The van der Waals surface area contributed by atoms with Gasteiger partial charge in [0.2, 0.25) is 23.5 Å². The summed E-state index contributed by atoms with van der Waals surface area (Å²) in [6.45, 7) is 7.25. The summed E-state index contributed by atoms with van der Waals surface area (Å²) in [6, 6.07) is 10.1. The van der Waals surface area contributed by atoms with E-state index in [2.05, 4.69) is 53.6 Å². The molecule has 3 N–H and O–H groups in total. The van der Waals surface area contributed by atoms with Gasteiger partial charge in [0.15, 0.2) is 18.2 Å².